The SMILES string of the molecule is CCCNC(c1ccc(C)cc1)C(C)N(CC)C(C)CC. The minimum Gasteiger partial charge on any atom is -0.309 e. The average Bonchev–Trinajstić information content (AvgIpc) is 2.49. The Bertz CT molecular complexity index is 385. The van der Waals surface area contributed by atoms with E-state index in [0.717, 1.165) is 13.1 Å². The summed E-state index contributed by atoms with van der Waals surface area (Å²) >= 11 is 0. The topological polar surface area (TPSA) is 15.3 Å². The molecule has 0 heterocycles. The maximum Gasteiger partial charge on any atom is 0.0475 e. The number of benzene rings is 1. The summed E-state index contributed by atoms with van der Waals surface area (Å²) in [6, 6.07) is 10.5. The fourth-order valence-electron chi connectivity index (χ4n) is 3.07. The molecule has 0 radical (unpaired) electrons. The number of hydrogen-bond acceptors (Lipinski definition) is 2. The first kappa shape index (κ1) is 18.2. The number of nitrogens with zero attached hydrogens (tertiary/aromatic N) is 1. The van der Waals surface area contributed by atoms with Gasteiger partial charge in [-0.25, -0.2) is 0 Å². The van der Waals surface area contributed by atoms with Crippen molar-refractivity contribution in [3.8, 4) is 0 Å². The van der Waals surface area contributed by atoms with Crippen molar-refractivity contribution in [2.75, 3.05) is 13.1 Å². The summed E-state index contributed by atoms with van der Waals surface area (Å²) in [5, 5.41) is 3.76. The molecule has 1 aromatic carbocycles. The lowest BCUT2D eigenvalue weighted by Gasteiger charge is -2.38. The van der Waals surface area contributed by atoms with Crippen molar-refractivity contribution in [2.45, 2.75) is 72.5 Å². The Labute approximate surface area is 131 Å². The summed E-state index contributed by atoms with van der Waals surface area (Å²) in [5.74, 6) is 0. The number of likely N-dealkylation sites (N-methyl/N-ethyl adjacent to an activating group) is 1. The van der Waals surface area contributed by atoms with Gasteiger partial charge >= 0.3 is 0 Å². The van der Waals surface area contributed by atoms with Gasteiger partial charge in [0.15, 0.2) is 0 Å². The van der Waals surface area contributed by atoms with Crippen LogP contribution in [-0.4, -0.2) is 30.1 Å². The highest BCUT2D eigenvalue weighted by atomic mass is 15.2. The smallest absolute Gasteiger partial charge is 0.0475 e. The van der Waals surface area contributed by atoms with Gasteiger partial charge in [-0.2, -0.15) is 0 Å². The molecule has 21 heavy (non-hydrogen) atoms. The Morgan fingerprint density at radius 1 is 1.05 bits per heavy atom. The molecular formula is C19H34N2. The van der Waals surface area contributed by atoms with Crippen LogP contribution < -0.4 is 5.32 Å². The maximum absolute atomic E-state index is 3.76. The molecular weight excluding hydrogens is 256 g/mol. The van der Waals surface area contributed by atoms with Crippen LogP contribution in [0.3, 0.4) is 0 Å². The molecule has 3 unspecified atom stereocenters. The molecule has 1 rings (SSSR count). The first-order chi connectivity index (χ1) is 10.0. The lowest BCUT2D eigenvalue weighted by Crippen LogP contribution is -2.47. The Kier molecular flexibility index (Phi) is 7.98. The van der Waals surface area contributed by atoms with Crippen LogP contribution in [0.1, 0.15) is 64.6 Å². The van der Waals surface area contributed by atoms with Crippen molar-refractivity contribution >= 4 is 0 Å². The Morgan fingerprint density at radius 2 is 1.67 bits per heavy atom. The third kappa shape index (κ3) is 5.12. The van der Waals surface area contributed by atoms with E-state index < -0.39 is 0 Å². The van der Waals surface area contributed by atoms with E-state index in [4.69, 9.17) is 0 Å². The first-order valence-electron chi connectivity index (χ1n) is 8.60. The van der Waals surface area contributed by atoms with E-state index in [2.05, 4.69) is 76.0 Å². The van der Waals surface area contributed by atoms with Crippen LogP contribution in [0.5, 0.6) is 0 Å². The molecule has 0 aliphatic carbocycles. The quantitative estimate of drug-likeness (QED) is 0.718. The second-order valence-corrected chi connectivity index (χ2v) is 6.17. The van der Waals surface area contributed by atoms with Gasteiger partial charge in [0.2, 0.25) is 0 Å². The van der Waals surface area contributed by atoms with Crippen LogP contribution in [0.4, 0.5) is 0 Å². The average molecular weight is 290 g/mol. The summed E-state index contributed by atoms with van der Waals surface area (Å²) in [5.41, 5.74) is 2.73. The van der Waals surface area contributed by atoms with Crippen molar-refractivity contribution in [1.82, 2.24) is 10.2 Å². The minimum absolute atomic E-state index is 0.402. The van der Waals surface area contributed by atoms with E-state index in [-0.39, 0.29) is 0 Å². The molecule has 0 saturated heterocycles. The van der Waals surface area contributed by atoms with E-state index >= 15 is 0 Å². The molecule has 0 amide bonds. The highest BCUT2D eigenvalue weighted by Crippen LogP contribution is 2.24. The maximum atomic E-state index is 3.76. The van der Waals surface area contributed by atoms with Gasteiger partial charge in [-0.3, -0.25) is 4.90 Å². The summed E-state index contributed by atoms with van der Waals surface area (Å²) in [6.45, 7) is 15.8. The fourth-order valence-corrected chi connectivity index (χ4v) is 3.07. The second-order valence-electron chi connectivity index (χ2n) is 6.17. The normalized spacial score (nSPS) is 16.0. The predicted molar refractivity (Wildman–Crippen MR) is 93.8 cm³/mol. The van der Waals surface area contributed by atoms with E-state index in [1.54, 1.807) is 0 Å². The third-order valence-electron chi connectivity index (χ3n) is 4.58. The van der Waals surface area contributed by atoms with Gasteiger partial charge in [0.1, 0.15) is 0 Å². The van der Waals surface area contributed by atoms with Crippen LogP contribution >= 0.6 is 0 Å². The fraction of sp³-hybridized carbons (Fsp3) is 0.684. The molecule has 120 valence electrons. The van der Waals surface area contributed by atoms with Crippen LogP contribution in [-0.2, 0) is 0 Å². The molecule has 0 fully saturated rings. The number of rotatable bonds is 9. The van der Waals surface area contributed by atoms with Gasteiger partial charge in [-0.15, -0.1) is 0 Å². The van der Waals surface area contributed by atoms with Crippen LogP contribution in [0, 0.1) is 6.92 Å². The highest BCUT2D eigenvalue weighted by molar-refractivity contribution is 5.25. The molecule has 0 aliphatic heterocycles. The minimum atomic E-state index is 0.402. The Balaban J connectivity index is 2.97. The zero-order chi connectivity index (χ0) is 15.8. The van der Waals surface area contributed by atoms with Crippen molar-refractivity contribution in [2.24, 2.45) is 0 Å². The zero-order valence-corrected chi connectivity index (χ0v) is 14.8. The van der Waals surface area contributed by atoms with E-state index in [1.165, 1.54) is 24.0 Å². The summed E-state index contributed by atoms with van der Waals surface area (Å²) in [7, 11) is 0. The standard InChI is InChI=1S/C19H34N2/c1-7-14-20-19(18-12-10-15(4)11-13-18)17(6)21(9-3)16(5)8-2/h10-13,16-17,19-20H,7-9,14H2,1-6H3. The molecule has 2 nitrogen and oxygen atoms in total. The van der Waals surface area contributed by atoms with E-state index in [1.807, 2.05) is 0 Å². The van der Waals surface area contributed by atoms with Crippen molar-refractivity contribution in [3.63, 3.8) is 0 Å². The third-order valence-corrected chi connectivity index (χ3v) is 4.58. The van der Waals surface area contributed by atoms with Gasteiger partial charge in [-0.05, 0) is 52.3 Å². The zero-order valence-electron chi connectivity index (χ0n) is 14.8. The van der Waals surface area contributed by atoms with Gasteiger partial charge in [0.05, 0.1) is 0 Å². The lowest BCUT2D eigenvalue weighted by atomic mass is 9.96. The van der Waals surface area contributed by atoms with Gasteiger partial charge in [0, 0.05) is 18.1 Å². The van der Waals surface area contributed by atoms with Crippen LogP contribution in [0.15, 0.2) is 24.3 Å². The largest absolute Gasteiger partial charge is 0.309 e. The number of aryl methyl sites for hydroxylation is 1. The summed E-state index contributed by atoms with van der Waals surface area (Å²) in [4.78, 5) is 2.62. The molecule has 3 atom stereocenters. The monoisotopic (exact) mass is 290 g/mol. The van der Waals surface area contributed by atoms with Gasteiger partial charge in [-0.1, -0.05) is 50.6 Å². The van der Waals surface area contributed by atoms with E-state index in [9.17, 15) is 0 Å². The van der Waals surface area contributed by atoms with Crippen molar-refractivity contribution < 1.29 is 0 Å². The highest BCUT2D eigenvalue weighted by Gasteiger charge is 2.26. The first-order valence-corrected chi connectivity index (χ1v) is 8.60. The molecule has 0 bridgehead atoms. The molecule has 2 heteroatoms. The van der Waals surface area contributed by atoms with Gasteiger partial charge < -0.3 is 5.32 Å². The Morgan fingerprint density at radius 3 is 2.14 bits per heavy atom. The predicted octanol–water partition coefficient (Wildman–Crippen LogP) is 4.54. The van der Waals surface area contributed by atoms with E-state index in [0.29, 0.717) is 18.1 Å². The second kappa shape index (κ2) is 9.22. The number of hydrogen-bond donors (Lipinski definition) is 1. The lowest BCUT2D eigenvalue weighted by molar-refractivity contribution is 0.127. The van der Waals surface area contributed by atoms with Gasteiger partial charge in [0.25, 0.3) is 0 Å². The van der Waals surface area contributed by atoms with Crippen molar-refractivity contribution in [1.29, 1.82) is 0 Å². The van der Waals surface area contributed by atoms with Crippen LogP contribution in [0.25, 0.3) is 0 Å². The van der Waals surface area contributed by atoms with Crippen LogP contribution in [0.2, 0.25) is 0 Å². The summed E-state index contributed by atoms with van der Waals surface area (Å²) in [6.07, 6.45) is 2.37. The molecule has 1 N–H and O–H groups in total. The molecule has 0 aliphatic rings. The number of nitrogens with one attached hydrogen (secondary N) is 1. The summed E-state index contributed by atoms with van der Waals surface area (Å²) < 4.78 is 0. The molecule has 0 saturated carbocycles. The molecule has 1 aromatic rings. The Hall–Kier alpha value is -0.860. The molecule has 0 spiro atoms. The molecule has 0 aromatic heterocycles. The van der Waals surface area contributed by atoms with Crippen molar-refractivity contribution in [3.05, 3.63) is 35.4 Å².